The molecule has 0 aromatic heterocycles. The summed E-state index contributed by atoms with van der Waals surface area (Å²) in [5.74, 6) is 1.63. The summed E-state index contributed by atoms with van der Waals surface area (Å²) in [6.45, 7) is 15.4. The maximum Gasteiger partial charge on any atom is 0.0227 e. The lowest BCUT2D eigenvalue weighted by Crippen LogP contribution is -2.36. The fraction of sp³-hybridized carbons (Fsp3) is 1.00. The molecule has 17 heavy (non-hydrogen) atoms. The second-order valence-corrected chi connectivity index (χ2v) is 7.92. The highest BCUT2D eigenvalue weighted by molar-refractivity contribution is 7.99. The second kappa shape index (κ2) is 7.01. The van der Waals surface area contributed by atoms with E-state index in [1.165, 1.54) is 32.6 Å². The molecule has 0 amide bonds. The Labute approximate surface area is 112 Å². The normalized spacial score (nSPS) is 22.6. The molecule has 1 unspecified atom stereocenters. The van der Waals surface area contributed by atoms with Crippen molar-refractivity contribution in [3.8, 4) is 0 Å². The maximum atomic E-state index is 3.59. The Kier molecular flexibility index (Phi) is 6.32. The van der Waals surface area contributed by atoms with E-state index in [1.54, 1.807) is 0 Å². The van der Waals surface area contributed by atoms with E-state index in [0.717, 1.165) is 18.4 Å². The third kappa shape index (κ3) is 6.12. The zero-order valence-electron chi connectivity index (χ0n) is 12.3. The molecule has 1 fully saturated rings. The number of nitrogens with one attached hydrogen (secondary N) is 1. The van der Waals surface area contributed by atoms with Crippen molar-refractivity contribution in [2.75, 3.05) is 39.0 Å². The van der Waals surface area contributed by atoms with Gasteiger partial charge in [0.1, 0.15) is 0 Å². The van der Waals surface area contributed by atoms with Crippen LogP contribution < -0.4 is 5.32 Å². The lowest BCUT2D eigenvalue weighted by molar-refractivity contribution is 0.299. The van der Waals surface area contributed by atoms with Gasteiger partial charge in [0, 0.05) is 17.8 Å². The number of hydrogen-bond acceptors (Lipinski definition) is 3. The van der Waals surface area contributed by atoms with Crippen molar-refractivity contribution < 1.29 is 0 Å². The largest absolute Gasteiger partial charge is 0.316 e. The van der Waals surface area contributed by atoms with Gasteiger partial charge in [0.25, 0.3) is 0 Å². The van der Waals surface area contributed by atoms with Gasteiger partial charge in [-0.3, -0.25) is 0 Å². The van der Waals surface area contributed by atoms with E-state index in [4.69, 9.17) is 0 Å². The standard InChI is InChI=1S/C14H30N2S/c1-12(2)8-15-9-13-6-7-16(10-13)11-14(3,4)17-5/h12-13,15H,6-11H2,1-5H3. The molecule has 1 atom stereocenters. The van der Waals surface area contributed by atoms with Crippen molar-refractivity contribution in [3.05, 3.63) is 0 Å². The van der Waals surface area contributed by atoms with Crippen molar-refractivity contribution in [1.29, 1.82) is 0 Å². The van der Waals surface area contributed by atoms with Crippen LogP contribution in [0, 0.1) is 11.8 Å². The number of nitrogens with zero attached hydrogens (tertiary/aromatic N) is 1. The fourth-order valence-electron chi connectivity index (χ4n) is 2.40. The first-order valence-electron chi connectivity index (χ1n) is 6.91. The smallest absolute Gasteiger partial charge is 0.0227 e. The quantitative estimate of drug-likeness (QED) is 0.756. The van der Waals surface area contributed by atoms with Crippen LogP contribution in [0.2, 0.25) is 0 Å². The van der Waals surface area contributed by atoms with Crippen LogP contribution in [0.3, 0.4) is 0 Å². The van der Waals surface area contributed by atoms with Crippen molar-refractivity contribution in [1.82, 2.24) is 10.2 Å². The zero-order chi connectivity index (χ0) is 12.9. The fourth-order valence-corrected chi connectivity index (χ4v) is 2.71. The minimum absolute atomic E-state index is 0.403. The lowest BCUT2D eigenvalue weighted by Gasteiger charge is -2.28. The molecule has 0 saturated carbocycles. The van der Waals surface area contributed by atoms with E-state index in [1.807, 2.05) is 11.8 Å². The highest BCUT2D eigenvalue weighted by atomic mass is 32.2. The summed E-state index contributed by atoms with van der Waals surface area (Å²) in [7, 11) is 0. The van der Waals surface area contributed by atoms with Crippen LogP contribution in [-0.4, -0.2) is 48.6 Å². The van der Waals surface area contributed by atoms with E-state index in [9.17, 15) is 0 Å². The molecule has 1 N–H and O–H groups in total. The van der Waals surface area contributed by atoms with Crippen LogP contribution in [0.25, 0.3) is 0 Å². The van der Waals surface area contributed by atoms with Crippen LogP contribution in [-0.2, 0) is 0 Å². The average molecular weight is 258 g/mol. The Morgan fingerprint density at radius 2 is 2.12 bits per heavy atom. The zero-order valence-corrected chi connectivity index (χ0v) is 13.1. The van der Waals surface area contributed by atoms with Gasteiger partial charge in [-0.15, -0.1) is 0 Å². The molecular weight excluding hydrogens is 228 g/mol. The summed E-state index contributed by atoms with van der Waals surface area (Å²) in [4.78, 5) is 2.64. The predicted octanol–water partition coefficient (Wildman–Crippen LogP) is 2.70. The first-order valence-corrected chi connectivity index (χ1v) is 8.13. The Hall–Kier alpha value is 0.270. The van der Waals surface area contributed by atoms with Crippen molar-refractivity contribution in [3.63, 3.8) is 0 Å². The SMILES string of the molecule is CSC(C)(C)CN1CCC(CNCC(C)C)C1. The number of rotatable bonds is 7. The Morgan fingerprint density at radius 1 is 1.41 bits per heavy atom. The molecule has 1 aliphatic heterocycles. The molecule has 3 heteroatoms. The molecule has 1 rings (SSSR count). The maximum absolute atomic E-state index is 3.59. The van der Waals surface area contributed by atoms with Gasteiger partial charge in [-0.2, -0.15) is 11.8 Å². The number of hydrogen-bond donors (Lipinski definition) is 1. The minimum atomic E-state index is 0.403. The van der Waals surface area contributed by atoms with Gasteiger partial charge in [-0.25, -0.2) is 0 Å². The first-order chi connectivity index (χ1) is 7.93. The molecule has 0 bridgehead atoms. The van der Waals surface area contributed by atoms with E-state index in [0.29, 0.717) is 4.75 Å². The van der Waals surface area contributed by atoms with Gasteiger partial charge >= 0.3 is 0 Å². The summed E-state index contributed by atoms with van der Waals surface area (Å²) < 4.78 is 0.403. The number of thioether (sulfide) groups is 1. The molecule has 102 valence electrons. The molecule has 0 aromatic carbocycles. The summed E-state index contributed by atoms with van der Waals surface area (Å²) in [5.41, 5.74) is 0. The molecular formula is C14H30N2S. The third-order valence-electron chi connectivity index (χ3n) is 3.51. The molecule has 0 spiro atoms. The molecule has 1 aliphatic rings. The van der Waals surface area contributed by atoms with Gasteiger partial charge in [0.2, 0.25) is 0 Å². The van der Waals surface area contributed by atoms with Gasteiger partial charge in [0.05, 0.1) is 0 Å². The van der Waals surface area contributed by atoms with Crippen LogP contribution in [0.1, 0.15) is 34.1 Å². The summed E-state index contributed by atoms with van der Waals surface area (Å²) in [5, 5.41) is 3.59. The monoisotopic (exact) mass is 258 g/mol. The van der Waals surface area contributed by atoms with E-state index < -0.39 is 0 Å². The topological polar surface area (TPSA) is 15.3 Å². The first kappa shape index (κ1) is 15.3. The minimum Gasteiger partial charge on any atom is -0.316 e. The van der Waals surface area contributed by atoms with Gasteiger partial charge in [-0.1, -0.05) is 13.8 Å². The highest BCUT2D eigenvalue weighted by Crippen LogP contribution is 2.25. The summed E-state index contributed by atoms with van der Waals surface area (Å²) in [6.07, 6.45) is 3.59. The summed E-state index contributed by atoms with van der Waals surface area (Å²) in [6, 6.07) is 0. The van der Waals surface area contributed by atoms with Crippen molar-refractivity contribution in [2.45, 2.75) is 38.9 Å². The molecule has 0 radical (unpaired) electrons. The molecule has 2 nitrogen and oxygen atoms in total. The highest BCUT2D eigenvalue weighted by Gasteiger charge is 2.27. The van der Waals surface area contributed by atoms with E-state index >= 15 is 0 Å². The van der Waals surface area contributed by atoms with Crippen LogP contribution in [0.4, 0.5) is 0 Å². The lowest BCUT2D eigenvalue weighted by atomic mass is 10.1. The van der Waals surface area contributed by atoms with E-state index in [-0.39, 0.29) is 0 Å². The van der Waals surface area contributed by atoms with E-state index in [2.05, 4.69) is 44.2 Å². The predicted molar refractivity (Wildman–Crippen MR) is 79.8 cm³/mol. The Morgan fingerprint density at radius 3 is 2.71 bits per heavy atom. The van der Waals surface area contributed by atoms with Crippen molar-refractivity contribution >= 4 is 11.8 Å². The third-order valence-corrected chi connectivity index (χ3v) is 4.75. The average Bonchev–Trinajstić information content (AvgIpc) is 2.64. The van der Waals surface area contributed by atoms with Gasteiger partial charge in [-0.05, 0) is 58.0 Å². The number of likely N-dealkylation sites (tertiary alicyclic amines) is 1. The molecule has 0 aromatic rings. The van der Waals surface area contributed by atoms with Crippen LogP contribution in [0.5, 0.6) is 0 Å². The van der Waals surface area contributed by atoms with Gasteiger partial charge < -0.3 is 10.2 Å². The van der Waals surface area contributed by atoms with Crippen molar-refractivity contribution in [2.24, 2.45) is 11.8 Å². The van der Waals surface area contributed by atoms with Crippen LogP contribution in [0.15, 0.2) is 0 Å². The van der Waals surface area contributed by atoms with Gasteiger partial charge in [0.15, 0.2) is 0 Å². The van der Waals surface area contributed by atoms with Crippen LogP contribution >= 0.6 is 11.8 Å². The Balaban J connectivity index is 2.19. The summed E-state index contributed by atoms with van der Waals surface area (Å²) >= 11 is 1.98. The second-order valence-electron chi connectivity index (χ2n) is 6.41. The Bertz CT molecular complexity index is 216. The molecule has 1 saturated heterocycles. The molecule has 1 heterocycles. The molecule has 0 aliphatic carbocycles.